The Morgan fingerprint density at radius 2 is 2.38 bits per heavy atom. The van der Waals surface area contributed by atoms with Gasteiger partial charge in [0.25, 0.3) is 0 Å². The number of nitrogens with one attached hydrogen (secondary N) is 1. The highest BCUT2D eigenvalue weighted by Gasteiger charge is 2.26. The van der Waals surface area contributed by atoms with Gasteiger partial charge in [-0.25, -0.2) is 9.97 Å². The molecule has 1 aliphatic heterocycles. The molecule has 2 rings (SSSR count). The van der Waals surface area contributed by atoms with Gasteiger partial charge in [-0.05, 0) is 19.3 Å². The third-order valence-corrected chi connectivity index (χ3v) is 3.78. The van der Waals surface area contributed by atoms with Gasteiger partial charge in [-0.3, -0.25) is 4.79 Å². The van der Waals surface area contributed by atoms with Crippen LogP contribution in [0.1, 0.15) is 31.9 Å². The average molecular weight is 291 g/mol. The number of piperidine rings is 1. The molecule has 0 bridgehead atoms. The zero-order chi connectivity index (χ0) is 15.1. The van der Waals surface area contributed by atoms with Gasteiger partial charge in [0.15, 0.2) is 0 Å². The van der Waals surface area contributed by atoms with Crippen LogP contribution < -0.4 is 16.0 Å². The van der Waals surface area contributed by atoms with Crippen molar-refractivity contribution >= 4 is 11.7 Å². The molecule has 1 fully saturated rings. The van der Waals surface area contributed by atoms with Crippen LogP contribution in [-0.4, -0.2) is 42.1 Å². The van der Waals surface area contributed by atoms with Gasteiger partial charge in [0.1, 0.15) is 12.1 Å². The van der Waals surface area contributed by atoms with Crippen molar-refractivity contribution in [3.05, 3.63) is 18.1 Å². The molecule has 2 heterocycles. The molecule has 1 saturated heterocycles. The monoisotopic (exact) mass is 291 g/mol. The normalized spacial score (nSPS) is 18.6. The lowest BCUT2D eigenvalue weighted by molar-refractivity contribution is -0.125. The lowest BCUT2D eigenvalue weighted by Gasteiger charge is -2.32. The standard InChI is InChI=1S/C15H25N5O/c1-2-4-13-9-14(19-11-18-13)20-8-3-5-12(10-20)15(21)17-7-6-16/h9,11-12H,2-8,10,16H2,1H3,(H,17,21). The summed E-state index contributed by atoms with van der Waals surface area (Å²) in [5.41, 5.74) is 6.49. The number of amides is 1. The van der Waals surface area contributed by atoms with Crippen molar-refractivity contribution < 1.29 is 4.79 Å². The summed E-state index contributed by atoms with van der Waals surface area (Å²) in [4.78, 5) is 22.9. The molecule has 0 radical (unpaired) electrons. The highest BCUT2D eigenvalue weighted by Crippen LogP contribution is 2.22. The van der Waals surface area contributed by atoms with Gasteiger partial charge in [-0.15, -0.1) is 0 Å². The van der Waals surface area contributed by atoms with Gasteiger partial charge in [-0.1, -0.05) is 13.3 Å². The highest BCUT2D eigenvalue weighted by molar-refractivity contribution is 5.79. The maximum atomic E-state index is 12.1. The Labute approximate surface area is 126 Å². The number of carbonyl (C=O) groups is 1. The van der Waals surface area contributed by atoms with E-state index >= 15 is 0 Å². The predicted molar refractivity (Wildman–Crippen MR) is 83.0 cm³/mol. The lowest BCUT2D eigenvalue weighted by atomic mass is 9.97. The van der Waals surface area contributed by atoms with Gasteiger partial charge in [0, 0.05) is 37.9 Å². The van der Waals surface area contributed by atoms with Gasteiger partial charge < -0.3 is 16.0 Å². The van der Waals surface area contributed by atoms with Gasteiger partial charge in [0.05, 0.1) is 5.92 Å². The number of hydrogen-bond acceptors (Lipinski definition) is 5. The van der Waals surface area contributed by atoms with E-state index in [0.29, 0.717) is 13.1 Å². The minimum atomic E-state index is 0.0230. The molecule has 21 heavy (non-hydrogen) atoms. The largest absolute Gasteiger partial charge is 0.356 e. The van der Waals surface area contributed by atoms with E-state index in [1.165, 1.54) is 0 Å². The summed E-state index contributed by atoms with van der Waals surface area (Å²) in [5.74, 6) is 1.06. The van der Waals surface area contributed by atoms with E-state index in [4.69, 9.17) is 5.73 Å². The molecule has 0 aromatic carbocycles. The summed E-state index contributed by atoms with van der Waals surface area (Å²) >= 11 is 0. The topological polar surface area (TPSA) is 84.1 Å². The molecule has 116 valence electrons. The summed E-state index contributed by atoms with van der Waals surface area (Å²) < 4.78 is 0. The number of aryl methyl sites for hydroxylation is 1. The highest BCUT2D eigenvalue weighted by atomic mass is 16.1. The second-order valence-corrected chi connectivity index (χ2v) is 5.48. The molecule has 0 spiro atoms. The Morgan fingerprint density at radius 1 is 1.52 bits per heavy atom. The average Bonchev–Trinajstić information content (AvgIpc) is 2.53. The van der Waals surface area contributed by atoms with Crippen molar-refractivity contribution in [3.63, 3.8) is 0 Å². The van der Waals surface area contributed by atoms with Crippen LogP contribution in [0.5, 0.6) is 0 Å². The predicted octanol–water partition coefficient (Wildman–Crippen LogP) is 0.720. The van der Waals surface area contributed by atoms with E-state index in [1.807, 2.05) is 6.07 Å². The first-order valence-electron chi connectivity index (χ1n) is 7.78. The van der Waals surface area contributed by atoms with Crippen molar-refractivity contribution in [1.82, 2.24) is 15.3 Å². The zero-order valence-corrected chi connectivity index (χ0v) is 12.7. The minimum absolute atomic E-state index is 0.0230. The van der Waals surface area contributed by atoms with Crippen molar-refractivity contribution in [1.29, 1.82) is 0 Å². The van der Waals surface area contributed by atoms with Crippen molar-refractivity contribution in [2.75, 3.05) is 31.1 Å². The quantitative estimate of drug-likeness (QED) is 0.807. The first-order valence-corrected chi connectivity index (χ1v) is 7.78. The van der Waals surface area contributed by atoms with Crippen LogP contribution in [0.4, 0.5) is 5.82 Å². The smallest absolute Gasteiger partial charge is 0.224 e. The van der Waals surface area contributed by atoms with E-state index in [9.17, 15) is 4.79 Å². The zero-order valence-electron chi connectivity index (χ0n) is 12.7. The first-order chi connectivity index (χ1) is 10.2. The fourth-order valence-electron chi connectivity index (χ4n) is 2.69. The SMILES string of the molecule is CCCc1cc(N2CCCC(C(=O)NCCN)C2)ncn1. The van der Waals surface area contributed by atoms with E-state index in [-0.39, 0.29) is 11.8 Å². The van der Waals surface area contributed by atoms with E-state index in [1.54, 1.807) is 6.33 Å². The number of nitrogens with zero attached hydrogens (tertiary/aromatic N) is 3. The third-order valence-electron chi connectivity index (χ3n) is 3.78. The number of rotatable bonds is 6. The van der Waals surface area contributed by atoms with Crippen LogP contribution in [0.3, 0.4) is 0 Å². The number of anilines is 1. The third kappa shape index (κ3) is 4.39. The second kappa shape index (κ2) is 7.93. The Morgan fingerprint density at radius 3 is 3.14 bits per heavy atom. The molecule has 1 unspecified atom stereocenters. The molecule has 6 nitrogen and oxygen atoms in total. The van der Waals surface area contributed by atoms with Crippen LogP contribution in [0.15, 0.2) is 12.4 Å². The number of aromatic nitrogens is 2. The molecule has 1 atom stereocenters. The molecule has 1 amide bonds. The minimum Gasteiger partial charge on any atom is -0.356 e. The lowest BCUT2D eigenvalue weighted by Crippen LogP contribution is -2.44. The fourth-order valence-corrected chi connectivity index (χ4v) is 2.69. The van der Waals surface area contributed by atoms with Crippen LogP contribution in [0.2, 0.25) is 0 Å². The van der Waals surface area contributed by atoms with Gasteiger partial charge in [-0.2, -0.15) is 0 Å². The second-order valence-electron chi connectivity index (χ2n) is 5.48. The number of nitrogens with two attached hydrogens (primary N) is 1. The first kappa shape index (κ1) is 15.7. The molecule has 1 aromatic heterocycles. The van der Waals surface area contributed by atoms with Crippen LogP contribution in [0, 0.1) is 5.92 Å². The molecular formula is C15H25N5O. The van der Waals surface area contributed by atoms with Crippen molar-refractivity contribution in [2.24, 2.45) is 11.7 Å². The molecule has 0 aliphatic carbocycles. The van der Waals surface area contributed by atoms with E-state index < -0.39 is 0 Å². The van der Waals surface area contributed by atoms with Crippen LogP contribution in [0.25, 0.3) is 0 Å². The molecule has 6 heteroatoms. The molecule has 1 aliphatic rings. The van der Waals surface area contributed by atoms with E-state index in [2.05, 4.69) is 27.1 Å². The summed E-state index contributed by atoms with van der Waals surface area (Å²) in [5, 5.41) is 2.88. The Hall–Kier alpha value is -1.69. The van der Waals surface area contributed by atoms with Gasteiger partial charge >= 0.3 is 0 Å². The van der Waals surface area contributed by atoms with E-state index in [0.717, 1.165) is 50.3 Å². The molecule has 1 aromatic rings. The summed E-state index contributed by atoms with van der Waals surface area (Å²) in [7, 11) is 0. The summed E-state index contributed by atoms with van der Waals surface area (Å²) in [6.45, 7) is 4.83. The van der Waals surface area contributed by atoms with Gasteiger partial charge in [0.2, 0.25) is 5.91 Å². The molecule has 3 N–H and O–H groups in total. The summed E-state index contributed by atoms with van der Waals surface area (Å²) in [6.07, 6.45) is 5.59. The number of carbonyl (C=O) groups excluding carboxylic acids is 1. The molecular weight excluding hydrogens is 266 g/mol. The van der Waals surface area contributed by atoms with Crippen LogP contribution >= 0.6 is 0 Å². The Kier molecular flexibility index (Phi) is 5.92. The van der Waals surface area contributed by atoms with Crippen molar-refractivity contribution in [3.8, 4) is 0 Å². The number of hydrogen-bond donors (Lipinski definition) is 2. The maximum Gasteiger partial charge on any atom is 0.224 e. The molecule has 0 saturated carbocycles. The maximum absolute atomic E-state index is 12.1. The fraction of sp³-hybridized carbons (Fsp3) is 0.667. The van der Waals surface area contributed by atoms with Crippen LogP contribution in [-0.2, 0) is 11.2 Å². The Bertz CT molecular complexity index is 465. The Balaban J connectivity index is 2.00. The summed E-state index contributed by atoms with van der Waals surface area (Å²) in [6, 6.07) is 2.05. The van der Waals surface area contributed by atoms with Crippen molar-refractivity contribution in [2.45, 2.75) is 32.6 Å².